The summed E-state index contributed by atoms with van der Waals surface area (Å²) in [7, 11) is 0. The van der Waals surface area contributed by atoms with Crippen LogP contribution < -0.4 is 15.4 Å². The van der Waals surface area contributed by atoms with Crippen LogP contribution in [-0.4, -0.2) is 58.1 Å². The minimum absolute atomic E-state index is 0.00955. The van der Waals surface area contributed by atoms with Crippen LogP contribution in [0, 0.1) is 6.92 Å². The number of halogens is 3. The van der Waals surface area contributed by atoms with Gasteiger partial charge in [0, 0.05) is 45.1 Å². The summed E-state index contributed by atoms with van der Waals surface area (Å²) in [6.07, 6.45) is -0.394. The second kappa shape index (κ2) is 10.1. The minimum atomic E-state index is -3.02. The number of ether oxygens (including phenoxy) is 1. The summed E-state index contributed by atoms with van der Waals surface area (Å²) in [6, 6.07) is 5.63. The molecule has 2 aromatic rings. The molecule has 0 aromatic carbocycles. The van der Waals surface area contributed by atoms with E-state index in [0.717, 1.165) is 4.90 Å². The van der Waals surface area contributed by atoms with Crippen molar-refractivity contribution >= 4 is 23.5 Å². The van der Waals surface area contributed by atoms with Crippen LogP contribution in [0.5, 0.6) is 5.75 Å². The molecule has 2 N–H and O–H groups in total. The largest absolute Gasteiger partial charge is 0.461 e. The van der Waals surface area contributed by atoms with Crippen LogP contribution in [0.15, 0.2) is 30.5 Å². The van der Waals surface area contributed by atoms with Crippen molar-refractivity contribution in [3.63, 3.8) is 0 Å². The van der Waals surface area contributed by atoms with Gasteiger partial charge in [-0.05, 0) is 31.0 Å². The highest BCUT2D eigenvalue weighted by molar-refractivity contribution is 5.94. The number of hydrogen-bond donors (Lipinski definition) is 2. The predicted molar refractivity (Wildman–Crippen MR) is 115 cm³/mol. The van der Waals surface area contributed by atoms with Gasteiger partial charge >= 0.3 is 0 Å². The number of aromatic nitrogens is 2. The fourth-order valence-corrected chi connectivity index (χ4v) is 3.52. The molecule has 1 fully saturated rings. The Morgan fingerprint density at radius 3 is 2.76 bits per heavy atom. The zero-order valence-corrected chi connectivity index (χ0v) is 18.6. The summed E-state index contributed by atoms with van der Waals surface area (Å²) in [6.45, 7) is 3.56. The normalized spacial score (nSPS) is 18.4. The first kappa shape index (κ1) is 24.3. The van der Waals surface area contributed by atoms with Gasteiger partial charge in [0.15, 0.2) is 0 Å². The monoisotopic (exact) mass is 465 g/mol. The molecule has 1 aliphatic heterocycles. The molecule has 33 heavy (non-hydrogen) atoms. The number of alkyl halides is 3. The van der Waals surface area contributed by atoms with E-state index in [4.69, 9.17) is 4.74 Å². The lowest BCUT2D eigenvalue weighted by atomic mass is 9.98. The molecule has 3 rings (SSSR count). The molecule has 2 aromatic heterocycles. The van der Waals surface area contributed by atoms with Gasteiger partial charge in [-0.2, -0.15) is 0 Å². The molecule has 8 nitrogen and oxygen atoms in total. The number of carbonyl (C=O) groups excluding carboxylic acids is 2. The van der Waals surface area contributed by atoms with Crippen LogP contribution >= 0.6 is 0 Å². The van der Waals surface area contributed by atoms with Gasteiger partial charge in [-0.15, -0.1) is 0 Å². The number of aryl methyl sites for hydroxylation is 1. The van der Waals surface area contributed by atoms with E-state index in [2.05, 4.69) is 20.6 Å². The zero-order valence-electron chi connectivity index (χ0n) is 18.6. The number of nitrogens with one attached hydrogen (secondary N) is 2. The minimum Gasteiger partial charge on any atom is -0.461 e. The van der Waals surface area contributed by atoms with Gasteiger partial charge in [-0.1, -0.05) is 6.07 Å². The molecular weight excluding hydrogens is 439 g/mol. The van der Waals surface area contributed by atoms with E-state index < -0.39 is 30.8 Å². The lowest BCUT2D eigenvalue weighted by Crippen LogP contribution is -2.55. The first-order chi connectivity index (χ1) is 15.5. The molecule has 0 spiro atoms. The van der Waals surface area contributed by atoms with E-state index >= 15 is 0 Å². The number of rotatable bonds is 7. The van der Waals surface area contributed by atoms with E-state index in [-0.39, 0.29) is 42.6 Å². The van der Waals surface area contributed by atoms with Gasteiger partial charge in [0.2, 0.25) is 12.3 Å². The van der Waals surface area contributed by atoms with Crippen molar-refractivity contribution in [3.05, 3.63) is 41.7 Å². The second-order valence-corrected chi connectivity index (χ2v) is 7.94. The highest BCUT2D eigenvalue weighted by atomic mass is 19.3. The fraction of sp³-hybridized carbons (Fsp3) is 0.455. The van der Waals surface area contributed by atoms with E-state index in [1.54, 1.807) is 19.1 Å². The van der Waals surface area contributed by atoms with Gasteiger partial charge < -0.3 is 20.3 Å². The van der Waals surface area contributed by atoms with Crippen LogP contribution in [0.4, 0.5) is 24.8 Å². The molecule has 0 aliphatic carbocycles. The Morgan fingerprint density at radius 1 is 1.30 bits per heavy atom. The van der Waals surface area contributed by atoms with Crippen molar-refractivity contribution in [1.29, 1.82) is 0 Å². The molecule has 11 heteroatoms. The van der Waals surface area contributed by atoms with Gasteiger partial charge in [-0.25, -0.2) is 23.1 Å². The molecule has 0 saturated carbocycles. The fourth-order valence-electron chi connectivity index (χ4n) is 3.52. The van der Waals surface area contributed by atoms with E-state index in [9.17, 15) is 22.8 Å². The van der Waals surface area contributed by atoms with Gasteiger partial charge in [0.05, 0.1) is 6.54 Å². The summed E-state index contributed by atoms with van der Waals surface area (Å²) < 4.78 is 46.4. The number of nitrogens with zero attached hydrogens (tertiary/aromatic N) is 3. The Balaban J connectivity index is 1.83. The number of pyridine rings is 2. The summed E-state index contributed by atoms with van der Waals surface area (Å²) >= 11 is 0. The lowest BCUT2D eigenvalue weighted by Gasteiger charge is -2.39. The maximum absolute atomic E-state index is 14.1. The third-order valence-electron chi connectivity index (χ3n) is 5.12. The van der Waals surface area contributed by atoms with Crippen molar-refractivity contribution in [1.82, 2.24) is 20.2 Å². The van der Waals surface area contributed by atoms with Crippen LogP contribution in [0.1, 0.15) is 42.7 Å². The molecule has 0 radical (unpaired) electrons. The number of likely N-dealkylation sites (tertiary alicyclic amines) is 1. The Bertz CT molecular complexity index is 1020. The topological polar surface area (TPSA) is 96.5 Å². The predicted octanol–water partition coefficient (Wildman–Crippen LogP) is 3.60. The number of anilines is 2. The summed E-state index contributed by atoms with van der Waals surface area (Å²) in [4.78, 5) is 34.1. The van der Waals surface area contributed by atoms with Crippen molar-refractivity contribution in [2.45, 2.75) is 51.9 Å². The number of carbonyl (C=O) groups is 2. The van der Waals surface area contributed by atoms with Gasteiger partial charge in [-0.3, -0.25) is 9.59 Å². The Labute approximate surface area is 189 Å². The average molecular weight is 465 g/mol. The van der Waals surface area contributed by atoms with Crippen molar-refractivity contribution in [2.75, 3.05) is 18.4 Å². The Morgan fingerprint density at radius 2 is 2.06 bits per heavy atom. The van der Waals surface area contributed by atoms with Crippen molar-refractivity contribution < 1.29 is 27.5 Å². The molecule has 1 aliphatic rings. The second-order valence-electron chi connectivity index (χ2n) is 7.94. The third-order valence-corrected chi connectivity index (χ3v) is 5.12. The van der Waals surface area contributed by atoms with Crippen LogP contribution in [0.25, 0.3) is 0 Å². The summed E-state index contributed by atoms with van der Waals surface area (Å²) in [5, 5.41) is 5.51. The van der Waals surface area contributed by atoms with Crippen LogP contribution in [0.2, 0.25) is 0 Å². The van der Waals surface area contributed by atoms with Crippen LogP contribution in [0.3, 0.4) is 0 Å². The Hall–Kier alpha value is -3.37. The van der Waals surface area contributed by atoms with Crippen molar-refractivity contribution in [3.8, 4) is 5.75 Å². The number of piperidine rings is 1. The van der Waals surface area contributed by atoms with Crippen LogP contribution in [-0.2, 0) is 4.79 Å². The quantitative estimate of drug-likeness (QED) is 0.649. The molecular formula is C22H26F3N5O3. The van der Waals surface area contributed by atoms with E-state index in [1.807, 2.05) is 0 Å². The third kappa shape index (κ3) is 6.56. The zero-order chi connectivity index (χ0) is 24.2. The van der Waals surface area contributed by atoms with Crippen molar-refractivity contribution in [2.24, 2.45) is 0 Å². The highest BCUT2D eigenvalue weighted by Crippen LogP contribution is 2.31. The first-order valence-corrected chi connectivity index (χ1v) is 10.5. The van der Waals surface area contributed by atoms with E-state index in [0.29, 0.717) is 11.4 Å². The smallest absolute Gasteiger partial charge is 0.273 e. The average Bonchev–Trinajstić information content (AvgIpc) is 2.73. The van der Waals surface area contributed by atoms with Gasteiger partial charge in [0.25, 0.3) is 11.8 Å². The first-order valence-electron chi connectivity index (χ1n) is 10.5. The van der Waals surface area contributed by atoms with Gasteiger partial charge in [0.1, 0.15) is 23.1 Å². The molecule has 3 heterocycles. The van der Waals surface area contributed by atoms with E-state index in [1.165, 1.54) is 32.2 Å². The molecule has 2 amide bonds. The summed E-state index contributed by atoms with van der Waals surface area (Å²) in [5.41, 5.74) is 0.518. The maximum atomic E-state index is 14.1. The molecule has 1 unspecified atom stereocenters. The molecule has 0 bridgehead atoms. The SMILES string of the molecule is CC(=O)NC[C@H]1CCC(F)(F)CN1C(=O)c1nc(Nc2cc(OC(C)F)ccn2)ccc1C. The Kier molecular flexibility index (Phi) is 7.39. The number of hydrogen-bond acceptors (Lipinski definition) is 6. The molecule has 178 valence electrons. The maximum Gasteiger partial charge on any atom is 0.273 e. The number of amides is 2. The highest BCUT2D eigenvalue weighted by Gasteiger charge is 2.42. The lowest BCUT2D eigenvalue weighted by molar-refractivity contribution is -0.119. The molecule has 1 saturated heterocycles. The molecule has 2 atom stereocenters. The standard InChI is InChI=1S/C22H26F3N5O3/c1-13-4-5-18(28-19-10-17(7-9-26-19)33-14(2)23)29-20(13)21(32)30-12-22(24,25)8-6-16(30)11-27-15(3)31/h4-5,7,9-10,14,16H,6,8,11-12H2,1-3H3,(H,27,31)(H,26,28,29)/t14?,16-/m1/s1. The summed E-state index contributed by atoms with van der Waals surface area (Å²) in [5.74, 6) is -3.17.